The Morgan fingerprint density at radius 2 is 2.00 bits per heavy atom. The molecule has 2 rings (SSSR count). The van der Waals surface area contributed by atoms with Gasteiger partial charge in [-0.1, -0.05) is 30.3 Å². The third-order valence-corrected chi connectivity index (χ3v) is 3.75. The average molecular weight is 314 g/mol. The summed E-state index contributed by atoms with van der Waals surface area (Å²) in [5.74, 6) is 0.0657. The van der Waals surface area contributed by atoms with Crippen LogP contribution >= 0.6 is 0 Å². The van der Waals surface area contributed by atoms with Crippen molar-refractivity contribution in [2.75, 3.05) is 6.54 Å². The van der Waals surface area contributed by atoms with E-state index in [9.17, 15) is 4.79 Å². The molecule has 1 aromatic carbocycles. The van der Waals surface area contributed by atoms with E-state index in [-0.39, 0.29) is 18.0 Å². The van der Waals surface area contributed by atoms with Crippen LogP contribution in [0.4, 0.5) is 0 Å². The molecule has 124 valence electrons. The second-order valence-electron chi connectivity index (χ2n) is 6.04. The van der Waals surface area contributed by atoms with Crippen LogP contribution in [0.2, 0.25) is 0 Å². The van der Waals surface area contributed by atoms with Gasteiger partial charge in [-0.25, -0.2) is 0 Å². The fraction of sp³-hybridized carbons (Fsp3) is 0.444. The zero-order valence-electron chi connectivity index (χ0n) is 14.1. The highest BCUT2D eigenvalue weighted by molar-refractivity contribution is 5.76. The SMILES string of the molecule is Cc1cnn(C[C@H](C)NCCC(=O)N[C@H](C)c2ccccc2)c1. The highest BCUT2D eigenvalue weighted by atomic mass is 16.1. The lowest BCUT2D eigenvalue weighted by Crippen LogP contribution is -2.35. The smallest absolute Gasteiger partial charge is 0.221 e. The van der Waals surface area contributed by atoms with Gasteiger partial charge in [0.15, 0.2) is 0 Å². The minimum absolute atomic E-state index is 0.0353. The molecule has 0 saturated carbocycles. The molecule has 5 nitrogen and oxygen atoms in total. The van der Waals surface area contributed by atoms with Gasteiger partial charge in [0, 0.05) is 25.2 Å². The van der Waals surface area contributed by atoms with Crippen molar-refractivity contribution in [3.05, 3.63) is 53.9 Å². The number of amides is 1. The van der Waals surface area contributed by atoms with E-state index in [2.05, 4.69) is 22.7 Å². The summed E-state index contributed by atoms with van der Waals surface area (Å²) in [7, 11) is 0. The molecule has 0 fully saturated rings. The second-order valence-corrected chi connectivity index (χ2v) is 6.04. The predicted octanol–water partition coefficient (Wildman–Crippen LogP) is 2.44. The van der Waals surface area contributed by atoms with Crippen molar-refractivity contribution in [3.8, 4) is 0 Å². The number of carbonyl (C=O) groups excluding carboxylic acids is 1. The monoisotopic (exact) mass is 314 g/mol. The molecule has 5 heteroatoms. The Hall–Kier alpha value is -2.14. The van der Waals surface area contributed by atoms with Crippen LogP contribution < -0.4 is 10.6 Å². The first-order valence-corrected chi connectivity index (χ1v) is 8.11. The number of hydrogen-bond acceptors (Lipinski definition) is 3. The summed E-state index contributed by atoms with van der Waals surface area (Å²) in [6, 6.07) is 10.3. The molecule has 2 atom stereocenters. The molecule has 0 radical (unpaired) electrons. The van der Waals surface area contributed by atoms with Gasteiger partial charge in [-0.3, -0.25) is 9.48 Å². The Kier molecular flexibility index (Phi) is 6.35. The predicted molar refractivity (Wildman–Crippen MR) is 92.0 cm³/mol. The van der Waals surface area contributed by atoms with Gasteiger partial charge in [0.05, 0.1) is 18.8 Å². The number of nitrogens with one attached hydrogen (secondary N) is 2. The summed E-state index contributed by atoms with van der Waals surface area (Å²) in [6.45, 7) is 7.59. The molecular weight excluding hydrogens is 288 g/mol. The summed E-state index contributed by atoms with van der Waals surface area (Å²) in [4.78, 5) is 12.0. The van der Waals surface area contributed by atoms with Gasteiger partial charge in [0.1, 0.15) is 0 Å². The van der Waals surface area contributed by atoms with Gasteiger partial charge in [-0.15, -0.1) is 0 Å². The van der Waals surface area contributed by atoms with E-state index in [4.69, 9.17) is 0 Å². The van der Waals surface area contributed by atoms with Crippen molar-refractivity contribution >= 4 is 5.91 Å². The molecule has 0 spiro atoms. The van der Waals surface area contributed by atoms with Crippen LogP contribution in [0, 0.1) is 6.92 Å². The third-order valence-electron chi connectivity index (χ3n) is 3.75. The van der Waals surface area contributed by atoms with Crippen molar-refractivity contribution in [1.29, 1.82) is 0 Å². The van der Waals surface area contributed by atoms with Crippen LogP contribution in [-0.4, -0.2) is 28.3 Å². The summed E-state index contributed by atoms with van der Waals surface area (Å²) in [5, 5.41) is 10.7. The normalized spacial score (nSPS) is 13.5. The highest BCUT2D eigenvalue weighted by Crippen LogP contribution is 2.10. The number of hydrogen-bond donors (Lipinski definition) is 2. The van der Waals surface area contributed by atoms with Crippen molar-refractivity contribution < 1.29 is 4.79 Å². The fourth-order valence-electron chi connectivity index (χ4n) is 2.48. The zero-order valence-corrected chi connectivity index (χ0v) is 14.1. The maximum Gasteiger partial charge on any atom is 0.221 e. The van der Waals surface area contributed by atoms with Crippen LogP contribution in [0.1, 0.15) is 37.4 Å². The molecule has 0 bridgehead atoms. The number of aryl methyl sites for hydroxylation is 1. The maximum absolute atomic E-state index is 12.0. The Morgan fingerprint density at radius 1 is 1.26 bits per heavy atom. The fourth-order valence-corrected chi connectivity index (χ4v) is 2.48. The number of nitrogens with zero attached hydrogens (tertiary/aromatic N) is 2. The summed E-state index contributed by atoms with van der Waals surface area (Å²) in [6.07, 6.45) is 4.34. The van der Waals surface area contributed by atoms with Crippen LogP contribution in [0.25, 0.3) is 0 Å². The summed E-state index contributed by atoms with van der Waals surface area (Å²) in [5.41, 5.74) is 2.28. The Morgan fingerprint density at radius 3 is 2.65 bits per heavy atom. The van der Waals surface area contributed by atoms with E-state index in [1.54, 1.807) is 0 Å². The number of rotatable bonds is 8. The quantitative estimate of drug-likeness (QED) is 0.787. The van der Waals surface area contributed by atoms with E-state index < -0.39 is 0 Å². The van der Waals surface area contributed by atoms with Gasteiger partial charge in [0.2, 0.25) is 5.91 Å². The molecule has 2 N–H and O–H groups in total. The number of carbonyl (C=O) groups is 1. The number of benzene rings is 1. The van der Waals surface area contributed by atoms with E-state index in [1.165, 1.54) is 0 Å². The lowest BCUT2D eigenvalue weighted by Gasteiger charge is -2.16. The standard InChI is InChI=1S/C18H26N4O/c1-14-11-20-22(12-14)13-15(2)19-10-9-18(23)21-16(3)17-7-5-4-6-8-17/h4-8,11-12,15-16,19H,9-10,13H2,1-3H3,(H,21,23)/t15-,16+/m0/s1. The maximum atomic E-state index is 12.0. The van der Waals surface area contributed by atoms with Crippen LogP contribution in [0.15, 0.2) is 42.7 Å². The van der Waals surface area contributed by atoms with Crippen molar-refractivity contribution in [2.45, 2.75) is 45.8 Å². The Balaban J connectivity index is 1.66. The van der Waals surface area contributed by atoms with E-state index in [0.717, 1.165) is 17.7 Å². The first kappa shape index (κ1) is 17.2. The van der Waals surface area contributed by atoms with Crippen LogP contribution in [-0.2, 0) is 11.3 Å². The minimum Gasteiger partial charge on any atom is -0.350 e. The molecular formula is C18H26N4O. The van der Waals surface area contributed by atoms with Crippen molar-refractivity contribution in [2.24, 2.45) is 0 Å². The lowest BCUT2D eigenvalue weighted by atomic mass is 10.1. The summed E-state index contributed by atoms with van der Waals surface area (Å²) < 4.78 is 1.92. The third kappa shape index (κ3) is 5.87. The molecule has 1 aromatic heterocycles. The highest BCUT2D eigenvalue weighted by Gasteiger charge is 2.10. The van der Waals surface area contributed by atoms with Crippen molar-refractivity contribution in [1.82, 2.24) is 20.4 Å². The Labute approximate surface area is 138 Å². The van der Waals surface area contributed by atoms with Gasteiger partial charge in [-0.05, 0) is 31.9 Å². The second kappa shape index (κ2) is 8.48. The number of aromatic nitrogens is 2. The minimum atomic E-state index is 0.0353. The first-order valence-electron chi connectivity index (χ1n) is 8.11. The van der Waals surface area contributed by atoms with Crippen molar-refractivity contribution in [3.63, 3.8) is 0 Å². The lowest BCUT2D eigenvalue weighted by molar-refractivity contribution is -0.121. The van der Waals surface area contributed by atoms with Crippen LogP contribution in [0.3, 0.4) is 0 Å². The molecule has 1 heterocycles. The van der Waals surface area contributed by atoms with Crippen LogP contribution in [0.5, 0.6) is 0 Å². The molecule has 0 aliphatic rings. The molecule has 0 aliphatic heterocycles. The largest absolute Gasteiger partial charge is 0.350 e. The van der Waals surface area contributed by atoms with Gasteiger partial charge in [-0.2, -0.15) is 5.10 Å². The molecule has 23 heavy (non-hydrogen) atoms. The van der Waals surface area contributed by atoms with E-state index in [0.29, 0.717) is 13.0 Å². The van der Waals surface area contributed by atoms with E-state index in [1.807, 2.05) is 61.3 Å². The Bertz CT molecular complexity index is 608. The molecule has 1 amide bonds. The molecule has 0 unspecified atom stereocenters. The average Bonchev–Trinajstić information content (AvgIpc) is 2.93. The van der Waals surface area contributed by atoms with Gasteiger partial charge < -0.3 is 10.6 Å². The molecule has 0 saturated heterocycles. The molecule has 2 aromatic rings. The topological polar surface area (TPSA) is 59.0 Å². The summed E-state index contributed by atoms with van der Waals surface area (Å²) >= 11 is 0. The molecule has 0 aliphatic carbocycles. The van der Waals surface area contributed by atoms with E-state index >= 15 is 0 Å². The first-order chi connectivity index (χ1) is 11.0. The van der Waals surface area contributed by atoms with Gasteiger partial charge >= 0.3 is 0 Å². The van der Waals surface area contributed by atoms with Gasteiger partial charge in [0.25, 0.3) is 0 Å². The zero-order chi connectivity index (χ0) is 16.7.